The van der Waals surface area contributed by atoms with Crippen molar-refractivity contribution in [1.82, 2.24) is 29.8 Å². The molecule has 1 aliphatic rings. The Morgan fingerprint density at radius 1 is 1.25 bits per heavy atom. The van der Waals surface area contributed by atoms with Gasteiger partial charge in [0.1, 0.15) is 5.82 Å². The molecule has 28 heavy (non-hydrogen) atoms. The van der Waals surface area contributed by atoms with Gasteiger partial charge in [0.15, 0.2) is 0 Å². The monoisotopic (exact) mass is 378 g/mol. The van der Waals surface area contributed by atoms with E-state index in [0.29, 0.717) is 36.6 Å². The molecule has 1 atom stereocenters. The molecule has 0 unspecified atom stereocenters. The van der Waals surface area contributed by atoms with Crippen LogP contribution in [0.3, 0.4) is 0 Å². The Labute approximate surface area is 160 Å². The molecule has 0 saturated carbocycles. The zero-order valence-corrected chi connectivity index (χ0v) is 15.2. The van der Waals surface area contributed by atoms with Crippen LogP contribution in [0.15, 0.2) is 47.8 Å². The summed E-state index contributed by atoms with van der Waals surface area (Å²) in [5.74, 6) is 0.385. The summed E-state index contributed by atoms with van der Waals surface area (Å²) in [5, 5.41) is 0. The molecule has 0 aliphatic carbocycles. The largest absolute Gasteiger partial charge is 0.467 e. The number of carbonyl (C=O) groups is 1. The molecule has 3 aromatic heterocycles. The summed E-state index contributed by atoms with van der Waals surface area (Å²) in [5.41, 5.74) is 1.59. The van der Waals surface area contributed by atoms with Gasteiger partial charge in [0.2, 0.25) is 0 Å². The first-order chi connectivity index (χ1) is 13.6. The van der Waals surface area contributed by atoms with Crippen LogP contribution in [0.1, 0.15) is 28.5 Å². The number of rotatable bonds is 4. The summed E-state index contributed by atoms with van der Waals surface area (Å²) < 4.78 is 4.92. The number of methoxy groups -OCH3 is 1. The Balaban J connectivity index is 1.53. The number of hydrogen-bond acceptors (Lipinski definition) is 7. The summed E-state index contributed by atoms with van der Waals surface area (Å²) in [6, 6.07) is 5.29. The quantitative estimate of drug-likeness (QED) is 0.727. The SMILES string of the molecule is COc1ncc(C(=O)N2CC[C@@H](c3nc(-c4ccncc4)cc(=O)[nH]3)C2)cn1. The lowest BCUT2D eigenvalue weighted by Crippen LogP contribution is -2.29. The number of aromatic amines is 1. The second-order valence-corrected chi connectivity index (χ2v) is 6.45. The van der Waals surface area contributed by atoms with Gasteiger partial charge in [0.25, 0.3) is 11.5 Å². The Kier molecular flexibility index (Phi) is 4.79. The second kappa shape index (κ2) is 7.55. The molecule has 0 spiro atoms. The van der Waals surface area contributed by atoms with Gasteiger partial charge >= 0.3 is 6.01 Å². The van der Waals surface area contributed by atoms with E-state index in [9.17, 15) is 9.59 Å². The lowest BCUT2D eigenvalue weighted by molar-refractivity contribution is 0.0789. The molecule has 142 valence electrons. The highest BCUT2D eigenvalue weighted by molar-refractivity contribution is 5.93. The molecule has 1 N–H and O–H groups in total. The highest BCUT2D eigenvalue weighted by atomic mass is 16.5. The van der Waals surface area contributed by atoms with Crippen LogP contribution in [0.5, 0.6) is 6.01 Å². The summed E-state index contributed by atoms with van der Waals surface area (Å²) in [6.07, 6.45) is 6.93. The number of likely N-dealkylation sites (tertiary alicyclic amines) is 1. The highest BCUT2D eigenvalue weighted by Crippen LogP contribution is 2.26. The minimum Gasteiger partial charge on any atom is -0.467 e. The van der Waals surface area contributed by atoms with Crippen molar-refractivity contribution in [2.24, 2.45) is 0 Å². The molecule has 9 heteroatoms. The predicted molar refractivity (Wildman–Crippen MR) is 99.9 cm³/mol. The van der Waals surface area contributed by atoms with Crippen LogP contribution >= 0.6 is 0 Å². The van der Waals surface area contributed by atoms with Gasteiger partial charge in [-0.3, -0.25) is 14.6 Å². The van der Waals surface area contributed by atoms with E-state index in [4.69, 9.17) is 4.74 Å². The van der Waals surface area contributed by atoms with E-state index in [1.54, 1.807) is 29.4 Å². The van der Waals surface area contributed by atoms with Gasteiger partial charge in [-0.05, 0) is 18.6 Å². The van der Waals surface area contributed by atoms with Gasteiger partial charge < -0.3 is 14.6 Å². The lowest BCUT2D eigenvalue weighted by Gasteiger charge is -2.16. The smallest absolute Gasteiger partial charge is 0.316 e. The van der Waals surface area contributed by atoms with E-state index in [1.807, 2.05) is 0 Å². The van der Waals surface area contributed by atoms with Crippen LogP contribution in [0, 0.1) is 0 Å². The van der Waals surface area contributed by atoms with E-state index in [2.05, 4.69) is 24.9 Å². The van der Waals surface area contributed by atoms with Crippen LogP contribution in [0.2, 0.25) is 0 Å². The van der Waals surface area contributed by atoms with E-state index in [1.165, 1.54) is 25.6 Å². The van der Waals surface area contributed by atoms with Crippen LogP contribution < -0.4 is 10.3 Å². The lowest BCUT2D eigenvalue weighted by atomic mass is 10.1. The number of H-pyrrole nitrogens is 1. The molecule has 0 aromatic carbocycles. The number of hydrogen-bond donors (Lipinski definition) is 1. The zero-order valence-electron chi connectivity index (χ0n) is 15.2. The van der Waals surface area contributed by atoms with Crippen molar-refractivity contribution in [3.05, 3.63) is 64.7 Å². The molecule has 0 bridgehead atoms. The molecule has 4 heterocycles. The number of aromatic nitrogens is 5. The van der Waals surface area contributed by atoms with Crippen molar-refractivity contribution in [3.8, 4) is 17.3 Å². The van der Waals surface area contributed by atoms with E-state index in [-0.39, 0.29) is 23.4 Å². The second-order valence-electron chi connectivity index (χ2n) is 6.45. The maximum atomic E-state index is 12.7. The normalized spacial score (nSPS) is 16.2. The average molecular weight is 378 g/mol. The molecular weight excluding hydrogens is 360 g/mol. The van der Waals surface area contributed by atoms with Crippen molar-refractivity contribution in [1.29, 1.82) is 0 Å². The standard InChI is InChI=1S/C19H18N6O3/c1-28-19-21-9-14(10-22-19)18(27)25-7-4-13(11-25)17-23-15(8-16(26)24-17)12-2-5-20-6-3-12/h2-3,5-6,8-10,13H,4,7,11H2,1H3,(H,23,24,26)/t13-/m1/s1. The third kappa shape index (κ3) is 3.59. The number of amides is 1. The van der Waals surface area contributed by atoms with Gasteiger partial charge in [-0.2, -0.15) is 0 Å². The predicted octanol–water partition coefficient (Wildman–Crippen LogP) is 1.26. The molecule has 1 saturated heterocycles. The van der Waals surface area contributed by atoms with Gasteiger partial charge in [0.05, 0.1) is 18.4 Å². The Bertz CT molecular complexity index is 1040. The minimum absolute atomic E-state index is 0.0439. The molecule has 1 amide bonds. The Morgan fingerprint density at radius 2 is 2.00 bits per heavy atom. The summed E-state index contributed by atoms with van der Waals surface area (Å²) in [7, 11) is 1.47. The summed E-state index contributed by atoms with van der Waals surface area (Å²) in [4.78, 5) is 45.9. The van der Waals surface area contributed by atoms with E-state index < -0.39 is 0 Å². The summed E-state index contributed by atoms with van der Waals surface area (Å²) in [6.45, 7) is 1.03. The number of nitrogens with one attached hydrogen (secondary N) is 1. The average Bonchev–Trinajstić information content (AvgIpc) is 3.24. The van der Waals surface area contributed by atoms with Crippen molar-refractivity contribution in [3.63, 3.8) is 0 Å². The van der Waals surface area contributed by atoms with Crippen LogP contribution in [0.25, 0.3) is 11.3 Å². The van der Waals surface area contributed by atoms with Crippen molar-refractivity contribution in [2.75, 3.05) is 20.2 Å². The highest BCUT2D eigenvalue weighted by Gasteiger charge is 2.30. The fourth-order valence-electron chi connectivity index (χ4n) is 3.22. The minimum atomic E-state index is -0.217. The van der Waals surface area contributed by atoms with Crippen molar-refractivity contribution < 1.29 is 9.53 Å². The van der Waals surface area contributed by atoms with Gasteiger partial charge in [-0.25, -0.2) is 15.0 Å². The van der Waals surface area contributed by atoms with Crippen LogP contribution in [-0.2, 0) is 0 Å². The zero-order chi connectivity index (χ0) is 19.5. The molecule has 1 fully saturated rings. The maximum absolute atomic E-state index is 12.7. The van der Waals surface area contributed by atoms with E-state index in [0.717, 1.165) is 5.56 Å². The molecule has 9 nitrogen and oxygen atoms in total. The van der Waals surface area contributed by atoms with Gasteiger partial charge in [0, 0.05) is 55.4 Å². The topological polar surface area (TPSA) is 114 Å². The van der Waals surface area contributed by atoms with Gasteiger partial charge in [-0.1, -0.05) is 0 Å². The third-order valence-electron chi connectivity index (χ3n) is 4.66. The first kappa shape index (κ1) is 17.8. The first-order valence-corrected chi connectivity index (χ1v) is 8.81. The third-order valence-corrected chi connectivity index (χ3v) is 4.66. The Morgan fingerprint density at radius 3 is 2.71 bits per heavy atom. The van der Waals surface area contributed by atoms with Crippen molar-refractivity contribution in [2.45, 2.75) is 12.3 Å². The van der Waals surface area contributed by atoms with Crippen molar-refractivity contribution >= 4 is 5.91 Å². The Hall–Kier alpha value is -3.62. The number of ether oxygens (including phenoxy) is 1. The van der Waals surface area contributed by atoms with Gasteiger partial charge in [-0.15, -0.1) is 0 Å². The van der Waals surface area contributed by atoms with Crippen LogP contribution in [0.4, 0.5) is 0 Å². The molecule has 3 aromatic rings. The van der Waals surface area contributed by atoms with Crippen LogP contribution in [-0.4, -0.2) is 55.9 Å². The number of pyridine rings is 1. The van der Waals surface area contributed by atoms with E-state index >= 15 is 0 Å². The molecular formula is C19H18N6O3. The molecule has 0 radical (unpaired) electrons. The molecule has 4 rings (SSSR count). The molecule has 1 aliphatic heterocycles. The first-order valence-electron chi connectivity index (χ1n) is 8.81. The summed E-state index contributed by atoms with van der Waals surface area (Å²) >= 11 is 0. The maximum Gasteiger partial charge on any atom is 0.316 e. The number of carbonyl (C=O) groups excluding carboxylic acids is 1. The number of nitrogens with zero attached hydrogens (tertiary/aromatic N) is 5. The fraction of sp³-hybridized carbons (Fsp3) is 0.263. The fourth-order valence-corrected chi connectivity index (χ4v) is 3.22.